The summed E-state index contributed by atoms with van der Waals surface area (Å²) in [7, 11) is 0. The number of halogens is 3. The number of alkyl halides is 3. The van der Waals surface area contributed by atoms with Crippen LogP contribution in [0.2, 0.25) is 0 Å². The topological polar surface area (TPSA) is 49.9 Å². The number of rotatable bonds is 0. The summed E-state index contributed by atoms with van der Waals surface area (Å²) in [4.78, 5) is 25.6. The van der Waals surface area contributed by atoms with E-state index in [-0.39, 0.29) is 25.0 Å². The third kappa shape index (κ3) is 3.41. The maximum atomic E-state index is 12.5. The Morgan fingerprint density at radius 1 is 1.14 bits per heavy atom. The van der Waals surface area contributed by atoms with Gasteiger partial charge in [-0.25, -0.2) is 4.79 Å². The second-order valence-electron chi connectivity index (χ2n) is 6.50. The van der Waals surface area contributed by atoms with Crippen molar-refractivity contribution < 1.29 is 27.5 Å². The number of carbonyl (C=O) groups excluding carboxylic acids is 2. The first-order valence-corrected chi connectivity index (χ1v) is 6.85. The van der Waals surface area contributed by atoms with E-state index in [1.165, 1.54) is 4.90 Å². The molecule has 2 saturated heterocycles. The summed E-state index contributed by atoms with van der Waals surface area (Å²) in [6.07, 6.45) is -4.81. The van der Waals surface area contributed by atoms with Gasteiger partial charge < -0.3 is 14.5 Å². The molecule has 0 aliphatic carbocycles. The highest BCUT2D eigenvalue weighted by Gasteiger charge is 2.51. The Morgan fingerprint density at radius 3 is 2.29 bits per heavy atom. The van der Waals surface area contributed by atoms with Gasteiger partial charge in [0, 0.05) is 25.6 Å². The molecule has 2 rings (SSSR count). The number of likely N-dealkylation sites (tertiary alicyclic amines) is 2. The highest BCUT2D eigenvalue weighted by atomic mass is 19.4. The Kier molecular flexibility index (Phi) is 3.84. The predicted molar refractivity (Wildman–Crippen MR) is 67.5 cm³/mol. The van der Waals surface area contributed by atoms with E-state index >= 15 is 0 Å². The fourth-order valence-corrected chi connectivity index (χ4v) is 2.85. The van der Waals surface area contributed by atoms with E-state index in [1.54, 1.807) is 20.8 Å². The smallest absolute Gasteiger partial charge is 0.444 e. The van der Waals surface area contributed by atoms with Gasteiger partial charge in [-0.3, -0.25) is 4.79 Å². The summed E-state index contributed by atoms with van der Waals surface area (Å²) in [6, 6.07) is -0.383. The number of amides is 2. The zero-order valence-corrected chi connectivity index (χ0v) is 12.2. The third-order valence-corrected chi connectivity index (χ3v) is 3.71. The third-order valence-electron chi connectivity index (χ3n) is 3.71. The minimum Gasteiger partial charge on any atom is -0.444 e. The first kappa shape index (κ1) is 15.9. The van der Waals surface area contributed by atoms with Crippen molar-refractivity contribution in [2.45, 2.75) is 45.0 Å². The summed E-state index contributed by atoms with van der Waals surface area (Å²) in [5.74, 6) is -1.94. The monoisotopic (exact) mass is 308 g/mol. The molecule has 2 atom stereocenters. The molecule has 0 spiro atoms. The number of ether oxygens (including phenoxy) is 1. The fraction of sp³-hybridized carbons (Fsp3) is 0.846. The quantitative estimate of drug-likeness (QED) is 0.688. The average molecular weight is 308 g/mol. The lowest BCUT2D eigenvalue weighted by Gasteiger charge is -2.28. The maximum Gasteiger partial charge on any atom is 0.471 e. The Hall–Kier alpha value is -1.47. The molecular weight excluding hydrogens is 289 g/mol. The molecule has 0 N–H and O–H groups in total. The molecule has 2 amide bonds. The van der Waals surface area contributed by atoms with Crippen molar-refractivity contribution in [2.24, 2.45) is 5.92 Å². The van der Waals surface area contributed by atoms with Crippen LogP contribution in [0.15, 0.2) is 0 Å². The molecule has 2 heterocycles. The molecule has 2 aliphatic rings. The first-order valence-electron chi connectivity index (χ1n) is 6.85. The fourth-order valence-electron chi connectivity index (χ4n) is 2.85. The van der Waals surface area contributed by atoms with Crippen molar-refractivity contribution in [3.05, 3.63) is 0 Å². The molecule has 120 valence electrons. The van der Waals surface area contributed by atoms with Crippen LogP contribution in [0, 0.1) is 5.92 Å². The molecule has 0 radical (unpaired) electrons. The molecule has 0 bridgehead atoms. The molecule has 8 heteroatoms. The van der Waals surface area contributed by atoms with Gasteiger partial charge in [0.2, 0.25) is 0 Å². The van der Waals surface area contributed by atoms with E-state index in [2.05, 4.69) is 0 Å². The Balaban J connectivity index is 2.02. The summed E-state index contributed by atoms with van der Waals surface area (Å²) in [6.45, 7) is 5.61. The molecule has 0 aromatic heterocycles. The standard InChI is InChI=1S/C13H19F3N2O3/c1-12(2,3)21-11(20)18-5-4-8-6-17(7-9(8)18)10(19)13(14,15)16/h8-9H,4-7H2,1-3H3/t8-,9+/m1/s1. The van der Waals surface area contributed by atoms with Crippen LogP contribution in [0.25, 0.3) is 0 Å². The maximum absolute atomic E-state index is 12.5. The van der Waals surface area contributed by atoms with Crippen LogP contribution in [0.5, 0.6) is 0 Å². The zero-order chi connectivity index (χ0) is 16.0. The van der Waals surface area contributed by atoms with E-state index in [0.29, 0.717) is 13.0 Å². The van der Waals surface area contributed by atoms with Crippen LogP contribution in [0.3, 0.4) is 0 Å². The number of carbonyl (C=O) groups is 2. The highest BCUT2D eigenvalue weighted by Crippen LogP contribution is 2.34. The van der Waals surface area contributed by atoms with E-state index < -0.39 is 23.8 Å². The van der Waals surface area contributed by atoms with Gasteiger partial charge in [0.25, 0.3) is 0 Å². The molecule has 0 unspecified atom stereocenters. The first-order chi connectivity index (χ1) is 9.49. The summed E-state index contributed by atoms with van der Waals surface area (Å²) < 4.78 is 42.6. The van der Waals surface area contributed by atoms with Crippen LogP contribution in [-0.4, -0.2) is 59.3 Å². The van der Waals surface area contributed by atoms with Gasteiger partial charge in [-0.15, -0.1) is 0 Å². The number of fused-ring (bicyclic) bond motifs is 1. The molecular formula is C13H19F3N2O3. The molecule has 21 heavy (non-hydrogen) atoms. The molecule has 2 aliphatic heterocycles. The number of hydrogen-bond donors (Lipinski definition) is 0. The Bertz CT molecular complexity index is 445. The second kappa shape index (κ2) is 5.06. The molecule has 0 aromatic rings. The Morgan fingerprint density at radius 2 is 1.76 bits per heavy atom. The summed E-state index contributed by atoms with van der Waals surface area (Å²) in [5, 5.41) is 0. The van der Waals surface area contributed by atoms with E-state index in [4.69, 9.17) is 4.74 Å². The van der Waals surface area contributed by atoms with Gasteiger partial charge in [0.1, 0.15) is 5.60 Å². The summed E-state index contributed by atoms with van der Waals surface area (Å²) >= 11 is 0. The lowest BCUT2D eigenvalue weighted by Crippen LogP contribution is -2.45. The van der Waals surface area contributed by atoms with Gasteiger partial charge in [0.05, 0.1) is 6.04 Å². The van der Waals surface area contributed by atoms with E-state index in [1.807, 2.05) is 0 Å². The minimum atomic E-state index is -4.87. The van der Waals surface area contributed by atoms with Crippen molar-refractivity contribution in [3.8, 4) is 0 Å². The summed E-state index contributed by atoms with van der Waals surface area (Å²) in [5.41, 5.74) is -0.657. The highest BCUT2D eigenvalue weighted by molar-refractivity contribution is 5.82. The van der Waals surface area contributed by atoms with Crippen LogP contribution in [0.4, 0.5) is 18.0 Å². The van der Waals surface area contributed by atoms with Gasteiger partial charge in [0.15, 0.2) is 0 Å². The van der Waals surface area contributed by atoms with Gasteiger partial charge in [-0.2, -0.15) is 13.2 Å². The minimum absolute atomic E-state index is 0.0440. The van der Waals surface area contributed by atoms with E-state index in [9.17, 15) is 22.8 Å². The molecule has 5 nitrogen and oxygen atoms in total. The normalized spacial score (nSPS) is 26.0. The number of nitrogens with zero attached hydrogens (tertiary/aromatic N) is 2. The van der Waals surface area contributed by atoms with Gasteiger partial charge in [-0.05, 0) is 27.2 Å². The van der Waals surface area contributed by atoms with Crippen molar-refractivity contribution in [2.75, 3.05) is 19.6 Å². The van der Waals surface area contributed by atoms with Crippen LogP contribution >= 0.6 is 0 Å². The van der Waals surface area contributed by atoms with Crippen molar-refractivity contribution in [1.82, 2.24) is 9.80 Å². The van der Waals surface area contributed by atoms with Crippen molar-refractivity contribution in [1.29, 1.82) is 0 Å². The molecule has 2 fully saturated rings. The average Bonchev–Trinajstić information content (AvgIpc) is 2.82. The second-order valence-corrected chi connectivity index (χ2v) is 6.50. The SMILES string of the molecule is CC(C)(C)OC(=O)N1CC[C@@H]2CN(C(=O)C(F)(F)F)C[C@@H]21. The Labute approximate surface area is 121 Å². The van der Waals surface area contributed by atoms with Crippen LogP contribution in [-0.2, 0) is 9.53 Å². The zero-order valence-electron chi connectivity index (χ0n) is 12.2. The van der Waals surface area contributed by atoms with Crippen LogP contribution in [0.1, 0.15) is 27.2 Å². The van der Waals surface area contributed by atoms with Crippen molar-refractivity contribution >= 4 is 12.0 Å². The number of hydrogen-bond acceptors (Lipinski definition) is 3. The van der Waals surface area contributed by atoms with E-state index in [0.717, 1.165) is 4.90 Å². The van der Waals surface area contributed by atoms with Gasteiger partial charge in [-0.1, -0.05) is 0 Å². The molecule has 0 aromatic carbocycles. The largest absolute Gasteiger partial charge is 0.471 e. The van der Waals surface area contributed by atoms with Crippen molar-refractivity contribution in [3.63, 3.8) is 0 Å². The lowest BCUT2D eigenvalue weighted by molar-refractivity contribution is -0.184. The lowest BCUT2D eigenvalue weighted by atomic mass is 10.1. The molecule has 0 saturated carbocycles. The van der Waals surface area contributed by atoms with Crippen LogP contribution < -0.4 is 0 Å². The predicted octanol–water partition coefficient (Wildman–Crippen LogP) is 2.02. The van der Waals surface area contributed by atoms with Gasteiger partial charge >= 0.3 is 18.2 Å².